The molecule has 0 spiro atoms. The lowest BCUT2D eigenvalue weighted by atomic mass is 10.2. The minimum Gasteiger partial charge on any atom is -0.454 e. The summed E-state index contributed by atoms with van der Waals surface area (Å²) in [5.74, 6) is 0. The van der Waals surface area contributed by atoms with Gasteiger partial charge in [-0.2, -0.15) is 0 Å². The molecule has 0 aliphatic rings. The first-order valence-corrected chi connectivity index (χ1v) is 6.80. The van der Waals surface area contributed by atoms with Crippen LogP contribution in [0.2, 0.25) is 0 Å². The van der Waals surface area contributed by atoms with Crippen molar-refractivity contribution in [2.24, 2.45) is 0 Å². The Morgan fingerprint density at radius 1 is 0.952 bits per heavy atom. The molecule has 4 nitrogen and oxygen atoms in total. The third-order valence-corrected chi connectivity index (χ3v) is 3.47. The Bertz CT molecular complexity index is 900. The summed E-state index contributed by atoms with van der Waals surface area (Å²) in [5, 5.41) is 4.44. The van der Waals surface area contributed by atoms with Gasteiger partial charge in [0.1, 0.15) is 11.1 Å². The van der Waals surface area contributed by atoms with Crippen molar-refractivity contribution in [2.45, 2.75) is 6.54 Å². The summed E-state index contributed by atoms with van der Waals surface area (Å²) < 4.78 is 5.77. The molecule has 0 amide bonds. The van der Waals surface area contributed by atoms with Gasteiger partial charge in [-0.25, -0.2) is 0 Å². The number of rotatable bonds is 3. The maximum Gasteiger partial charge on any atom is 0.153 e. The molecule has 3 heterocycles. The molecule has 3 aromatic heterocycles. The zero-order valence-corrected chi connectivity index (χ0v) is 11.3. The fraction of sp³-hybridized carbons (Fsp3) is 0.0588. The van der Waals surface area contributed by atoms with Gasteiger partial charge in [0.2, 0.25) is 0 Å². The molecule has 0 aliphatic heterocycles. The van der Waals surface area contributed by atoms with Gasteiger partial charge in [-0.1, -0.05) is 0 Å². The van der Waals surface area contributed by atoms with Gasteiger partial charge in [0.15, 0.2) is 5.58 Å². The number of pyridine rings is 2. The first kappa shape index (κ1) is 11.9. The second-order valence-electron chi connectivity index (χ2n) is 4.87. The van der Waals surface area contributed by atoms with Crippen LogP contribution in [-0.4, -0.2) is 9.97 Å². The van der Waals surface area contributed by atoms with Crippen LogP contribution in [-0.2, 0) is 6.54 Å². The fourth-order valence-corrected chi connectivity index (χ4v) is 2.41. The van der Waals surface area contributed by atoms with Crippen molar-refractivity contribution in [3.8, 4) is 0 Å². The Labute approximate surface area is 121 Å². The van der Waals surface area contributed by atoms with Gasteiger partial charge in [-0.05, 0) is 48.0 Å². The van der Waals surface area contributed by atoms with Crippen molar-refractivity contribution in [3.63, 3.8) is 0 Å². The second-order valence-corrected chi connectivity index (χ2v) is 4.87. The Morgan fingerprint density at radius 3 is 2.76 bits per heavy atom. The van der Waals surface area contributed by atoms with Gasteiger partial charge in [-0.3, -0.25) is 9.97 Å². The van der Waals surface area contributed by atoms with Crippen molar-refractivity contribution < 1.29 is 4.42 Å². The standard InChI is InChI=1S/C17H13N3O/c1-2-16-17(19-7-1)14-10-13(3-4-15(14)21-16)20-11-12-5-8-18-9-6-12/h1-10,20H,11H2. The van der Waals surface area contributed by atoms with Gasteiger partial charge in [-0.15, -0.1) is 0 Å². The van der Waals surface area contributed by atoms with Crippen LogP contribution in [0.4, 0.5) is 5.69 Å². The van der Waals surface area contributed by atoms with E-state index in [2.05, 4.69) is 21.4 Å². The highest BCUT2D eigenvalue weighted by atomic mass is 16.3. The molecule has 0 unspecified atom stereocenters. The highest BCUT2D eigenvalue weighted by molar-refractivity contribution is 6.03. The minimum absolute atomic E-state index is 0.761. The molecule has 0 saturated heterocycles. The van der Waals surface area contributed by atoms with Crippen LogP contribution < -0.4 is 5.32 Å². The lowest BCUT2D eigenvalue weighted by molar-refractivity contribution is 0.668. The van der Waals surface area contributed by atoms with Crippen LogP contribution in [0.5, 0.6) is 0 Å². The van der Waals surface area contributed by atoms with E-state index < -0.39 is 0 Å². The summed E-state index contributed by atoms with van der Waals surface area (Å²) in [4.78, 5) is 8.42. The molecular formula is C17H13N3O. The molecule has 0 bridgehead atoms. The van der Waals surface area contributed by atoms with E-state index in [1.54, 1.807) is 18.6 Å². The molecule has 0 saturated carbocycles. The molecule has 102 valence electrons. The largest absolute Gasteiger partial charge is 0.454 e. The van der Waals surface area contributed by atoms with Gasteiger partial charge < -0.3 is 9.73 Å². The van der Waals surface area contributed by atoms with Gasteiger partial charge in [0, 0.05) is 36.2 Å². The Kier molecular flexibility index (Phi) is 2.78. The summed E-state index contributed by atoms with van der Waals surface area (Å²) in [6, 6.07) is 13.9. The highest BCUT2D eigenvalue weighted by Gasteiger charge is 2.07. The number of nitrogens with one attached hydrogen (secondary N) is 1. The normalized spacial score (nSPS) is 11.0. The lowest BCUT2D eigenvalue weighted by Gasteiger charge is -2.06. The minimum atomic E-state index is 0.761. The van der Waals surface area contributed by atoms with Crippen molar-refractivity contribution in [3.05, 3.63) is 66.6 Å². The van der Waals surface area contributed by atoms with Crippen LogP contribution in [0, 0.1) is 0 Å². The maximum atomic E-state index is 5.77. The summed E-state index contributed by atoms with van der Waals surface area (Å²) in [7, 11) is 0. The number of benzene rings is 1. The molecule has 0 aliphatic carbocycles. The molecule has 0 fully saturated rings. The number of nitrogens with zero attached hydrogens (tertiary/aromatic N) is 2. The average molecular weight is 275 g/mol. The molecule has 4 rings (SSSR count). The number of fused-ring (bicyclic) bond motifs is 3. The molecule has 1 aromatic carbocycles. The van der Waals surface area contributed by atoms with Gasteiger partial charge >= 0.3 is 0 Å². The number of hydrogen-bond acceptors (Lipinski definition) is 4. The van der Waals surface area contributed by atoms with E-state index in [4.69, 9.17) is 4.42 Å². The third kappa shape index (κ3) is 2.21. The second kappa shape index (κ2) is 4.90. The summed E-state index contributed by atoms with van der Waals surface area (Å²) >= 11 is 0. The first-order valence-electron chi connectivity index (χ1n) is 6.80. The molecule has 21 heavy (non-hydrogen) atoms. The van der Waals surface area contributed by atoms with E-state index >= 15 is 0 Å². The summed E-state index contributed by atoms with van der Waals surface area (Å²) in [6.07, 6.45) is 5.38. The van der Waals surface area contributed by atoms with Crippen molar-refractivity contribution in [2.75, 3.05) is 5.32 Å². The molecule has 1 N–H and O–H groups in total. The molecule has 4 aromatic rings. The van der Waals surface area contributed by atoms with Gasteiger partial charge in [0.05, 0.1) is 0 Å². The van der Waals surface area contributed by atoms with Crippen molar-refractivity contribution in [1.82, 2.24) is 9.97 Å². The Hall–Kier alpha value is -2.88. The van der Waals surface area contributed by atoms with Crippen LogP contribution in [0.25, 0.3) is 22.1 Å². The molecule has 0 radical (unpaired) electrons. The van der Waals surface area contributed by atoms with Crippen LogP contribution in [0.15, 0.2) is 65.5 Å². The lowest BCUT2D eigenvalue weighted by Crippen LogP contribution is -1.98. The number of hydrogen-bond donors (Lipinski definition) is 1. The Balaban J connectivity index is 1.68. The maximum absolute atomic E-state index is 5.77. The monoisotopic (exact) mass is 275 g/mol. The zero-order valence-electron chi connectivity index (χ0n) is 11.3. The molecule has 0 atom stereocenters. The smallest absolute Gasteiger partial charge is 0.153 e. The summed E-state index contributed by atoms with van der Waals surface area (Å²) in [6.45, 7) is 0.761. The number of aromatic nitrogens is 2. The van der Waals surface area contributed by atoms with E-state index in [1.165, 1.54) is 5.56 Å². The Morgan fingerprint density at radius 2 is 1.86 bits per heavy atom. The zero-order chi connectivity index (χ0) is 14.1. The average Bonchev–Trinajstić information content (AvgIpc) is 2.92. The van der Waals surface area contributed by atoms with E-state index in [1.807, 2.05) is 36.4 Å². The summed E-state index contributed by atoms with van der Waals surface area (Å²) in [5.41, 5.74) is 4.82. The van der Waals surface area contributed by atoms with Crippen molar-refractivity contribution in [1.29, 1.82) is 0 Å². The quantitative estimate of drug-likeness (QED) is 0.614. The topological polar surface area (TPSA) is 51.0 Å². The van der Waals surface area contributed by atoms with E-state index in [0.717, 1.165) is 34.3 Å². The highest BCUT2D eigenvalue weighted by Crippen LogP contribution is 2.29. The fourth-order valence-electron chi connectivity index (χ4n) is 2.41. The van der Waals surface area contributed by atoms with Crippen LogP contribution >= 0.6 is 0 Å². The van der Waals surface area contributed by atoms with E-state index in [0.29, 0.717) is 0 Å². The van der Waals surface area contributed by atoms with Crippen molar-refractivity contribution >= 4 is 27.8 Å². The predicted molar refractivity (Wildman–Crippen MR) is 83.1 cm³/mol. The van der Waals surface area contributed by atoms with Crippen LogP contribution in [0.3, 0.4) is 0 Å². The SMILES string of the molecule is c1cnc2c(c1)oc1ccc(NCc3ccncc3)cc12. The van der Waals surface area contributed by atoms with Crippen LogP contribution in [0.1, 0.15) is 5.56 Å². The third-order valence-electron chi connectivity index (χ3n) is 3.47. The number of furan rings is 1. The predicted octanol–water partition coefficient (Wildman–Crippen LogP) is 3.99. The van der Waals surface area contributed by atoms with E-state index in [9.17, 15) is 0 Å². The number of anilines is 1. The first-order chi connectivity index (χ1) is 10.4. The molecule has 4 heteroatoms. The van der Waals surface area contributed by atoms with E-state index in [-0.39, 0.29) is 0 Å². The molecular weight excluding hydrogens is 262 g/mol. The van der Waals surface area contributed by atoms with Gasteiger partial charge in [0.25, 0.3) is 0 Å².